The highest BCUT2D eigenvalue weighted by atomic mass is 35.5. The van der Waals surface area contributed by atoms with Gasteiger partial charge < -0.3 is 14.7 Å². The van der Waals surface area contributed by atoms with E-state index in [4.69, 9.17) is 16.3 Å². The van der Waals surface area contributed by atoms with E-state index in [0.29, 0.717) is 43.9 Å². The predicted molar refractivity (Wildman–Crippen MR) is 175 cm³/mol. The summed E-state index contributed by atoms with van der Waals surface area (Å²) in [6.45, 7) is 7.81. The van der Waals surface area contributed by atoms with Crippen LogP contribution in [0.25, 0.3) is 0 Å². The number of sulfonamides is 1. The molecule has 1 amide bonds. The number of fused-ring (bicyclic) bond motifs is 4. The van der Waals surface area contributed by atoms with Gasteiger partial charge in [-0.05, 0) is 110 Å². The lowest BCUT2D eigenvalue weighted by Gasteiger charge is -2.45. The molecule has 1 fully saturated rings. The predicted octanol–water partition coefficient (Wildman–Crippen LogP) is 6.27. The smallest absolute Gasteiger partial charge is 0.264 e. The summed E-state index contributed by atoms with van der Waals surface area (Å²) in [5, 5.41) is 11.2. The third-order valence-corrected chi connectivity index (χ3v) is 12.6. The molecule has 9 heteroatoms. The number of aliphatic hydroxyl groups is 1. The van der Waals surface area contributed by atoms with Crippen LogP contribution in [0.15, 0.2) is 48.6 Å². The molecule has 2 bridgehead atoms. The Bertz CT molecular complexity index is 1540. The summed E-state index contributed by atoms with van der Waals surface area (Å²) in [4.78, 5) is 15.9. The van der Waals surface area contributed by atoms with Gasteiger partial charge in [0, 0.05) is 29.1 Å². The Labute approximate surface area is 267 Å². The normalized spacial score (nSPS) is 32.5. The van der Waals surface area contributed by atoms with E-state index in [9.17, 15) is 18.3 Å². The van der Waals surface area contributed by atoms with Crippen LogP contribution in [-0.4, -0.2) is 50.5 Å². The number of aliphatic hydroxyl groups excluding tert-OH is 1. The summed E-state index contributed by atoms with van der Waals surface area (Å²) < 4.78 is 36.3. The lowest BCUT2D eigenvalue weighted by molar-refractivity contribution is 0.0455. The van der Waals surface area contributed by atoms with Crippen LogP contribution >= 0.6 is 11.6 Å². The highest BCUT2D eigenvalue weighted by Gasteiger charge is 2.44. The van der Waals surface area contributed by atoms with Crippen molar-refractivity contribution < 1.29 is 23.1 Å². The topological polar surface area (TPSA) is 95.9 Å². The number of hydrogen-bond acceptors (Lipinski definition) is 6. The van der Waals surface area contributed by atoms with Gasteiger partial charge in [0.05, 0.1) is 23.6 Å². The summed E-state index contributed by atoms with van der Waals surface area (Å²) in [5.74, 6) is 0.379. The first-order valence-electron chi connectivity index (χ1n) is 16.2. The number of nitrogens with one attached hydrogen (secondary N) is 1. The van der Waals surface area contributed by atoms with Crippen molar-refractivity contribution in [2.24, 2.45) is 23.7 Å². The van der Waals surface area contributed by atoms with Crippen LogP contribution in [0.2, 0.25) is 5.02 Å². The minimum absolute atomic E-state index is 0.122. The molecule has 1 spiro atoms. The number of rotatable bonds is 2. The maximum atomic E-state index is 13.7. The maximum Gasteiger partial charge on any atom is 0.264 e. The molecule has 6 rings (SSSR count). The van der Waals surface area contributed by atoms with Gasteiger partial charge in [-0.2, -0.15) is 0 Å². The Morgan fingerprint density at radius 2 is 2.00 bits per heavy atom. The molecule has 2 aromatic carbocycles. The molecule has 238 valence electrons. The van der Waals surface area contributed by atoms with Crippen LogP contribution in [0.3, 0.4) is 0 Å². The number of hydrogen-bond donors (Lipinski definition) is 2. The van der Waals surface area contributed by atoms with E-state index in [-0.39, 0.29) is 29.1 Å². The molecule has 2 aliphatic heterocycles. The van der Waals surface area contributed by atoms with Crippen molar-refractivity contribution in [3.05, 3.63) is 70.3 Å². The van der Waals surface area contributed by atoms with Gasteiger partial charge in [0.2, 0.25) is 10.0 Å². The number of amides is 1. The third-order valence-electron chi connectivity index (χ3n) is 10.5. The highest BCUT2D eigenvalue weighted by Crippen LogP contribution is 2.46. The van der Waals surface area contributed by atoms with Gasteiger partial charge in [-0.1, -0.05) is 50.6 Å². The zero-order valence-electron chi connectivity index (χ0n) is 26.0. The molecular formula is C35H45ClN2O5S. The van der Waals surface area contributed by atoms with E-state index in [1.165, 1.54) is 11.1 Å². The fourth-order valence-corrected chi connectivity index (χ4v) is 10.0. The monoisotopic (exact) mass is 640 g/mol. The molecular weight excluding hydrogens is 596 g/mol. The maximum absolute atomic E-state index is 13.7. The van der Waals surface area contributed by atoms with E-state index in [2.05, 4.69) is 21.8 Å². The fraction of sp³-hybridized carbons (Fsp3) is 0.571. The third kappa shape index (κ3) is 6.14. The zero-order valence-corrected chi connectivity index (χ0v) is 27.5. The van der Waals surface area contributed by atoms with E-state index >= 15 is 0 Å². The molecule has 6 atom stereocenters. The number of halogens is 1. The van der Waals surface area contributed by atoms with Gasteiger partial charge in [-0.3, -0.25) is 4.79 Å². The summed E-state index contributed by atoms with van der Waals surface area (Å²) in [6.07, 6.45) is 9.08. The SMILES string of the molecule is CC(C)C[C@@H]1[C@H](C)C/C=C/[C@H](O)[C@@H]2CC[C@H]2CN2C[C@@]3(CCCc4cc(Cl)ccc43)COc3ccc(cc32)C(=O)NS1(=O)=O. The largest absolute Gasteiger partial charge is 0.490 e. The van der Waals surface area contributed by atoms with Crippen molar-refractivity contribution in [2.75, 3.05) is 24.6 Å². The highest BCUT2D eigenvalue weighted by molar-refractivity contribution is 7.90. The van der Waals surface area contributed by atoms with Crippen molar-refractivity contribution in [3.8, 4) is 5.75 Å². The quantitative estimate of drug-likeness (QED) is 0.376. The first-order valence-corrected chi connectivity index (χ1v) is 18.1. The molecule has 0 aromatic heterocycles. The van der Waals surface area contributed by atoms with Crippen LogP contribution in [-0.2, 0) is 21.9 Å². The number of nitrogens with zero attached hydrogens (tertiary/aromatic N) is 1. The van der Waals surface area contributed by atoms with Crippen molar-refractivity contribution in [1.29, 1.82) is 0 Å². The summed E-state index contributed by atoms with van der Waals surface area (Å²) in [7, 11) is -3.97. The minimum Gasteiger partial charge on any atom is -0.490 e. The standard InChI is InChI=1S/C35H45ClN2O5S/c1-22(2)16-33-23(3)6-4-8-31(39)28-12-9-26(28)19-38-20-35(15-5-7-24-17-27(36)11-13-29(24)35)21-43-32-14-10-25(18-30(32)38)34(40)37-44(33,41)42/h4,8,10-11,13-14,17-18,22-23,26,28,31,33,39H,5-7,9,12,15-16,19-21H2,1-3H3,(H,37,40)/b8-4+/t23-,26+,28-,31+,33-,35+/m1/s1. The molecule has 7 nitrogen and oxygen atoms in total. The Morgan fingerprint density at radius 1 is 1.18 bits per heavy atom. The molecule has 4 aliphatic rings. The number of carbonyl (C=O) groups is 1. The van der Waals surface area contributed by atoms with Crippen LogP contribution in [0, 0.1) is 23.7 Å². The summed E-state index contributed by atoms with van der Waals surface area (Å²) in [5.41, 5.74) is 3.34. The molecule has 1 saturated carbocycles. The second-order valence-electron chi connectivity index (χ2n) is 14.1. The van der Waals surface area contributed by atoms with Crippen molar-refractivity contribution >= 4 is 33.2 Å². The van der Waals surface area contributed by atoms with Crippen LogP contribution in [0.5, 0.6) is 5.75 Å². The molecule has 44 heavy (non-hydrogen) atoms. The number of benzene rings is 2. The first-order chi connectivity index (χ1) is 21.0. The Morgan fingerprint density at radius 3 is 2.75 bits per heavy atom. The fourth-order valence-electron chi connectivity index (χ4n) is 7.93. The van der Waals surface area contributed by atoms with Crippen molar-refractivity contribution in [1.82, 2.24) is 4.72 Å². The summed E-state index contributed by atoms with van der Waals surface area (Å²) in [6, 6.07) is 11.4. The second-order valence-corrected chi connectivity index (χ2v) is 16.4. The summed E-state index contributed by atoms with van der Waals surface area (Å²) >= 11 is 6.40. The van der Waals surface area contributed by atoms with Crippen molar-refractivity contribution in [2.45, 2.75) is 82.5 Å². The van der Waals surface area contributed by atoms with Crippen molar-refractivity contribution in [3.63, 3.8) is 0 Å². The first kappa shape index (κ1) is 31.4. The number of ether oxygens (including phenoxy) is 1. The van der Waals surface area contributed by atoms with Gasteiger partial charge in [-0.15, -0.1) is 0 Å². The average molecular weight is 641 g/mol. The zero-order chi connectivity index (χ0) is 31.2. The van der Waals surface area contributed by atoms with Crippen LogP contribution in [0.4, 0.5) is 5.69 Å². The Kier molecular flexibility index (Phi) is 8.81. The Hall–Kier alpha value is -2.55. The van der Waals surface area contributed by atoms with E-state index < -0.39 is 27.3 Å². The molecule has 0 unspecified atom stereocenters. The van der Waals surface area contributed by atoms with Crippen LogP contribution in [0.1, 0.15) is 80.8 Å². The minimum atomic E-state index is -3.97. The number of anilines is 1. The molecule has 0 radical (unpaired) electrons. The van der Waals surface area contributed by atoms with E-state index in [1.807, 2.05) is 45.1 Å². The number of aryl methyl sites for hydroxylation is 1. The van der Waals surface area contributed by atoms with E-state index in [0.717, 1.165) is 42.8 Å². The number of carbonyl (C=O) groups excluding carboxylic acids is 1. The van der Waals surface area contributed by atoms with Gasteiger partial charge in [0.15, 0.2) is 0 Å². The van der Waals surface area contributed by atoms with Gasteiger partial charge in [-0.25, -0.2) is 13.1 Å². The lowest BCUT2D eigenvalue weighted by atomic mass is 9.68. The number of allylic oxidation sites excluding steroid dienone is 1. The van der Waals surface area contributed by atoms with Crippen LogP contribution < -0.4 is 14.4 Å². The van der Waals surface area contributed by atoms with Gasteiger partial charge in [0.25, 0.3) is 5.91 Å². The second kappa shape index (κ2) is 12.3. The van der Waals surface area contributed by atoms with Gasteiger partial charge >= 0.3 is 0 Å². The average Bonchev–Trinajstić information content (AvgIpc) is 3.10. The lowest BCUT2D eigenvalue weighted by Crippen LogP contribution is -2.49. The molecule has 2 heterocycles. The molecule has 0 saturated heterocycles. The van der Waals surface area contributed by atoms with Gasteiger partial charge in [0.1, 0.15) is 5.75 Å². The molecule has 2 aromatic rings. The van der Waals surface area contributed by atoms with E-state index in [1.54, 1.807) is 12.1 Å². The molecule has 2 aliphatic carbocycles. The molecule has 2 N–H and O–H groups in total. The Balaban J connectivity index is 1.42.